The number of aliphatic hydroxyl groups is 1. The van der Waals surface area contributed by atoms with Crippen LogP contribution in [-0.2, 0) is 0 Å². The summed E-state index contributed by atoms with van der Waals surface area (Å²) in [6, 6.07) is 3.58. The molecule has 1 saturated carbocycles. The van der Waals surface area contributed by atoms with Gasteiger partial charge in [0.25, 0.3) is 5.91 Å². The zero-order valence-electron chi connectivity index (χ0n) is 8.64. The van der Waals surface area contributed by atoms with Gasteiger partial charge in [-0.25, -0.2) is 0 Å². The van der Waals surface area contributed by atoms with Gasteiger partial charge in [-0.1, -0.05) is 13.0 Å². The van der Waals surface area contributed by atoms with Gasteiger partial charge in [-0.15, -0.1) is 11.3 Å². The van der Waals surface area contributed by atoms with E-state index in [-0.39, 0.29) is 18.1 Å². The van der Waals surface area contributed by atoms with Crippen molar-refractivity contribution in [2.45, 2.75) is 31.9 Å². The molecule has 0 radical (unpaired) electrons. The van der Waals surface area contributed by atoms with Crippen molar-refractivity contribution >= 4 is 17.2 Å². The number of aliphatic hydroxyl groups excluding tert-OH is 1. The van der Waals surface area contributed by atoms with Crippen LogP contribution in [0.3, 0.4) is 0 Å². The molecular weight excluding hydrogens is 210 g/mol. The predicted octanol–water partition coefficient (Wildman–Crippen LogP) is 1.64. The molecule has 15 heavy (non-hydrogen) atoms. The largest absolute Gasteiger partial charge is 0.391 e. The van der Waals surface area contributed by atoms with Gasteiger partial charge in [0.1, 0.15) is 0 Å². The Morgan fingerprint density at radius 1 is 1.60 bits per heavy atom. The average molecular weight is 225 g/mol. The summed E-state index contributed by atoms with van der Waals surface area (Å²) >= 11 is 1.42. The van der Waals surface area contributed by atoms with Gasteiger partial charge in [0.2, 0.25) is 0 Å². The molecule has 3 nitrogen and oxygen atoms in total. The van der Waals surface area contributed by atoms with Gasteiger partial charge in [-0.2, -0.15) is 0 Å². The molecule has 0 saturated heterocycles. The number of carbonyl (C=O) groups excluding carboxylic acids is 1. The summed E-state index contributed by atoms with van der Waals surface area (Å²) in [5.74, 6) is 0.428. The lowest BCUT2D eigenvalue weighted by molar-refractivity contribution is 0.0877. The molecule has 1 aliphatic rings. The quantitative estimate of drug-likeness (QED) is 0.804. The first kappa shape index (κ1) is 10.6. The van der Waals surface area contributed by atoms with Crippen molar-refractivity contribution in [2.24, 2.45) is 5.92 Å². The highest BCUT2D eigenvalue weighted by Gasteiger charge is 2.31. The molecule has 82 valence electrons. The van der Waals surface area contributed by atoms with Crippen LogP contribution in [0.1, 0.15) is 29.4 Å². The molecule has 4 heteroatoms. The molecule has 0 bridgehead atoms. The lowest BCUT2D eigenvalue weighted by Gasteiger charge is -2.15. The second kappa shape index (κ2) is 4.33. The van der Waals surface area contributed by atoms with Crippen LogP contribution in [0.25, 0.3) is 0 Å². The van der Waals surface area contributed by atoms with E-state index in [1.54, 1.807) is 6.07 Å². The predicted molar refractivity (Wildman–Crippen MR) is 60.0 cm³/mol. The fraction of sp³-hybridized carbons (Fsp3) is 0.545. The molecule has 1 amide bonds. The lowest BCUT2D eigenvalue weighted by Crippen LogP contribution is -2.39. The van der Waals surface area contributed by atoms with E-state index >= 15 is 0 Å². The van der Waals surface area contributed by atoms with Crippen LogP contribution in [0, 0.1) is 5.92 Å². The molecule has 0 spiro atoms. The summed E-state index contributed by atoms with van der Waals surface area (Å²) in [4.78, 5) is 12.4. The normalized spacial score (nSPS) is 30.4. The van der Waals surface area contributed by atoms with Gasteiger partial charge >= 0.3 is 0 Å². The molecule has 1 heterocycles. The Hall–Kier alpha value is -0.870. The Bertz CT molecular complexity index is 336. The Labute approximate surface area is 93.1 Å². The standard InChI is InChI=1S/C11H15NO2S/c1-7-5-8(9(13)6-7)12-11(14)10-3-2-4-15-10/h2-4,7-9,13H,5-6H2,1H3,(H,12,14)/t7-,8+,9+/m1/s1. The van der Waals surface area contributed by atoms with Crippen LogP contribution in [0.15, 0.2) is 17.5 Å². The van der Waals surface area contributed by atoms with E-state index in [1.807, 2.05) is 11.4 Å². The number of amides is 1. The number of rotatable bonds is 2. The summed E-state index contributed by atoms with van der Waals surface area (Å²) in [6.45, 7) is 2.10. The van der Waals surface area contributed by atoms with E-state index in [9.17, 15) is 9.90 Å². The van der Waals surface area contributed by atoms with E-state index in [1.165, 1.54) is 11.3 Å². The van der Waals surface area contributed by atoms with Gasteiger partial charge in [0.15, 0.2) is 0 Å². The lowest BCUT2D eigenvalue weighted by atomic mass is 10.1. The van der Waals surface area contributed by atoms with Crippen molar-refractivity contribution in [1.29, 1.82) is 0 Å². The van der Waals surface area contributed by atoms with Crippen LogP contribution >= 0.6 is 11.3 Å². The van der Waals surface area contributed by atoms with E-state index in [4.69, 9.17) is 0 Å². The Morgan fingerprint density at radius 2 is 2.40 bits per heavy atom. The maximum absolute atomic E-state index is 11.7. The van der Waals surface area contributed by atoms with Crippen molar-refractivity contribution < 1.29 is 9.90 Å². The number of carbonyl (C=O) groups is 1. The third-order valence-electron chi connectivity index (χ3n) is 2.83. The third kappa shape index (κ3) is 2.38. The Kier molecular flexibility index (Phi) is 3.07. The van der Waals surface area contributed by atoms with Crippen LogP contribution in [0.5, 0.6) is 0 Å². The van der Waals surface area contributed by atoms with Gasteiger partial charge in [-0.3, -0.25) is 4.79 Å². The van der Waals surface area contributed by atoms with E-state index < -0.39 is 0 Å². The summed E-state index contributed by atoms with van der Waals surface area (Å²) in [5, 5.41) is 14.5. The maximum atomic E-state index is 11.7. The Morgan fingerprint density at radius 3 is 2.93 bits per heavy atom. The maximum Gasteiger partial charge on any atom is 0.261 e. The minimum absolute atomic E-state index is 0.0665. The SMILES string of the molecule is C[C@@H]1C[C@H](NC(=O)c2cccs2)[C@@H](O)C1. The van der Waals surface area contributed by atoms with Crippen molar-refractivity contribution in [3.63, 3.8) is 0 Å². The molecule has 0 aliphatic heterocycles. The zero-order valence-corrected chi connectivity index (χ0v) is 9.46. The topological polar surface area (TPSA) is 49.3 Å². The van der Waals surface area contributed by atoms with Crippen LogP contribution in [0.4, 0.5) is 0 Å². The average Bonchev–Trinajstić information content (AvgIpc) is 2.76. The molecule has 1 fully saturated rings. The van der Waals surface area contributed by atoms with Crippen molar-refractivity contribution in [1.82, 2.24) is 5.32 Å². The smallest absolute Gasteiger partial charge is 0.261 e. The number of hydrogen-bond donors (Lipinski definition) is 2. The number of hydrogen-bond acceptors (Lipinski definition) is 3. The van der Waals surface area contributed by atoms with E-state index in [0.29, 0.717) is 10.8 Å². The van der Waals surface area contributed by atoms with Crippen molar-refractivity contribution in [3.8, 4) is 0 Å². The van der Waals surface area contributed by atoms with Crippen LogP contribution in [0.2, 0.25) is 0 Å². The van der Waals surface area contributed by atoms with Gasteiger partial charge < -0.3 is 10.4 Å². The highest BCUT2D eigenvalue weighted by Crippen LogP contribution is 2.25. The highest BCUT2D eigenvalue weighted by atomic mass is 32.1. The molecule has 0 aromatic carbocycles. The first-order valence-electron chi connectivity index (χ1n) is 5.19. The zero-order chi connectivity index (χ0) is 10.8. The molecule has 3 atom stereocenters. The Balaban J connectivity index is 1.95. The fourth-order valence-corrected chi connectivity index (χ4v) is 2.69. The molecular formula is C11H15NO2S. The van der Waals surface area contributed by atoms with E-state index in [0.717, 1.165) is 12.8 Å². The summed E-state index contributed by atoms with van der Waals surface area (Å²) in [5.41, 5.74) is 0. The minimum Gasteiger partial charge on any atom is -0.391 e. The van der Waals surface area contributed by atoms with Gasteiger partial charge in [0, 0.05) is 0 Å². The van der Waals surface area contributed by atoms with Crippen LogP contribution < -0.4 is 5.32 Å². The van der Waals surface area contributed by atoms with E-state index in [2.05, 4.69) is 12.2 Å². The highest BCUT2D eigenvalue weighted by molar-refractivity contribution is 7.12. The summed E-state index contributed by atoms with van der Waals surface area (Å²) in [7, 11) is 0. The molecule has 0 unspecified atom stereocenters. The molecule has 1 aliphatic carbocycles. The minimum atomic E-state index is -0.385. The van der Waals surface area contributed by atoms with Crippen molar-refractivity contribution in [3.05, 3.63) is 22.4 Å². The second-order valence-corrected chi connectivity index (χ2v) is 5.15. The number of thiophene rings is 1. The second-order valence-electron chi connectivity index (χ2n) is 4.20. The molecule has 2 N–H and O–H groups in total. The third-order valence-corrected chi connectivity index (χ3v) is 3.69. The number of nitrogens with one attached hydrogen (secondary N) is 1. The molecule has 1 aromatic rings. The summed E-state index contributed by atoms with van der Waals surface area (Å²) < 4.78 is 0. The monoisotopic (exact) mass is 225 g/mol. The van der Waals surface area contributed by atoms with Gasteiger partial charge in [0.05, 0.1) is 17.0 Å². The van der Waals surface area contributed by atoms with Crippen molar-refractivity contribution in [2.75, 3.05) is 0 Å². The van der Waals surface area contributed by atoms with Crippen LogP contribution in [-0.4, -0.2) is 23.2 Å². The van der Waals surface area contributed by atoms with Gasteiger partial charge in [-0.05, 0) is 30.2 Å². The fourth-order valence-electron chi connectivity index (χ4n) is 2.07. The first-order valence-corrected chi connectivity index (χ1v) is 6.07. The molecule has 1 aromatic heterocycles. The summed E-state index contributed by atoms with van der Waals surface area (Å²) in [6.07, 6.45) is 1.28. The molecule has 2 rings (SSSR count). The first-order chi connectivity index (χ1) is 7.16.